The van der Waals surface area contributed by atoms with Crippen LogP contribution in [-0.2, 0) is 16.0 Å². The third-order valence-electron chi connectivity index (χ3n) is 3.10. The molecule has 1 aromatic rings. The molecule has 0 aliphatic rings. The minimum absolute atomic E-state index is 0.145. The Labute approximate surface area is 141 Å². The van der Waals surface area contributed by atoms with Crippen molar-refractivity contribution >= 4 is 5.96 Å². The van der Waals surface area contributed by atoms with Crippen LogP contribution in [0.25, 0.3) is 0 Å². The monoisotopic (exact) mass is 345 g/mol. The van der Waals surface area contributed by atoms with Gasteiger partial charge in [-0.05, 0) is 17.7 Å². The molecule has 1 aromatic carbocycles. The number of nitrogens with one attached hydrogen (secondary N) is 1. The second-order valence-corrected chi connectivity index (χ2v) is 4.96. The summed E-state index contributed by atoms with van der Waals surface area (Å²) in [5.74, 6) is 0.866. The maximum atomic E-state index is 12.1. The summed E-state index contributed by atoms with van der Waals surface area (Å²) in [6.45, 7) is 0.0731. The Hall–Kier alpha value is -1.93. The van der Waals surface area contributed by atoms with Crippen LogP contribution >= 0.6 is 0 Å². The SMILES string of the molecule is CN=C(NCCOCCOC)N(C)Cc1ccc(OC(F)F)cc1. The van der Waals surface area contributed by atoms with Gasteiger partial charge in [0.05, 0.1) is 19.8 Å². The van der Waals surface area contributed by atoms with E-state index in [1.54, 1.807) is 26.3 Å². The minimum Gasteiger partial charge on any atom is -0.435 e. The highest BCUT2D eigenvalue weighted by atomic mass is 19.3. The second-order valence-electron chi connectivity index (χ2n) is 4.96. The molecule has 6 nitrogen and oxygen atoms in total. The molecule has 0 bridgehead atoms. The van der Waals surface area contributed by atoms with E-state index in [1.807, 2.05) is 11.9 Å². The van der Waals surface area contributed by atoms with Crippen LogP contribution in [0.1, 0.15) is 5.56 Å². The molecule has 0 aromatic heterocycles. The van der Waals surface area contributed by atoms with Crippen molar-refractivity contribution in [1.29, 1.82) is 0 Å². The van der Waals surface area contributed by atoms with Crippen molar-refractivity contribution in [3.63, 3.8) is 0 Å². The first-order valence-electron chi connectivity index (χ1n) is 7.59. The molecule has 1 N–H and O–H groups in total. The van der Waals surface area contributed by atoms with Crippen LogP contribution in [0.3, 0.4) is 0 Å². The highest BCUT2D eigenvalue weighted by Gasteiger charge is 2.08. The van der Waals surface area contributed by atoms with Gasteiger partial charge in [0.25, 0.3) is 0 Å². The number of guanidine groups is 1. The molecule has 0 amide bonds. The number of halogens is 2. The number of benzene rings is 1. The maximum absolute atomic E-state index is 12.1. The first-order valence-corrected chi connectivity index (χ1v) is 7.59. The fraction of sp³-hybridized carbons (Fsp3) is 0.562. The van der Waals surface area contributed by atoms with Crippen molar-refractivity contribution < 1.29 is 23.0 Å². The molecule has 0 spiro atoms. The lowest BCUT2D eigenvalue weighted by molar-refractivity contribution is -0.0498. The van der Waals surface area contributed by atoms with Crippen molar-refractivity contribution in [1.82, 2.24) is 10.2 Å². The predicted molar refractivity (Wildman–Crippen MR) is 88.6 cm³/mol. The Morgan fingerprint density at radius 2 is 1.92 bits per heavy atom. The standard InChI is InChI=1S/C16H25F2N3O3/c1-19-16(20-8-9-23-11-10-22-3)21(2)12-13-4-6-14(7-5-13)24-15(17)18/h4-7,15H,8-12H2,1-3H3,(H,19,20). The van der Waals surface area contributed by atoms with Crippen LogP contribution in [0.5, 0.6) is 5.75 Å². The predicted octanol–water partition coefficient (Wildman–Crippen LogP) is 1.96. The summed E-state index contributed by atoms with van der Waals surface area (Å²) in [5.41, 5.74) is 0.957. The number of rotatable bonds is 10. The van der Waals surface area contributed by atoms with Crippen LogP contribution in [-0.4, -0.2) is 65.0 Å². The molecule has 24 heavy (non-hydrogen) atoms. The van der Waals surface area contributed by atoms with E-state index in [0.717, 1.165) is 11.5 Å². The van der Waals surface area contributed by atoms with E-state index in [9.17, 15) is 8.78 Å². The number of aliphatic imine (C=N–C) groups is 1. The van der Waals surface area contributed by atoms with Gasteiger partial charge in [-0.25, -0.2) is 0 Å². The zero-order valence-corrected chi connectivity index (χ0v) is 14.3. The molecule has 0 heterocycles. The van der Waals surface area contributed by atoms with Gasteiger partial charge in [0.2, 0.25) is 0 Å². The molecule has 0 aliphatic carbocycles. The van der Waals surface area contributed by atoms with Crippen LogP contribution in [0, 0.1) is 0 Å². The summed E-state index contributed by atoms with van der Waals surface area (Å²) in [6, 6.07) is 6.54. The average Bonchev–Trinajstić information content (AvgIpc) is 2.55. The largest absolute Gasteiger partial charge is 0.435 e. The molecule has 136 valence electrons. The average molecular weight is 345 g/mol. The van der Waals surface area contributed by atoms with Crippen molar-refractivity contribution in [3.8, 4) is 5.75 Å². The lowest BCUT2D eigenvalue weighted by Gasteiger charge is -2.22. The molecule has 0 radical (unpaired) electrons. The van der Waals surface area contributed by atoms with Gasteiger partial charge in [0, 0.05) is 34.3 Å². The van der Waals surface area contributed by atoms with Crippen molar-refractivity contribution in [2.75, 3.05) is 47.6 Å². The minimum atomic E-state index is -2.81. The van der Waals surface area contributed by atoms with Gasteiger partial charge in [0.1, 0.15) is 5.75 Å². The van der Waals surface area contributed by atoms with E-state index in [4.69, 9.17) is 9.47 Å². The Morgan fingerprint density at radius 1 is 1.21 bits per heavy atom. The topological polar surface area (TPSA) is 55.3 Å². The lowest BCUT2D eigenvalue weighted by atomic mass is 10.2. The molecule has 0 fully saturated rings. The Bertz CT molecular complexity index is 484. The fourth-order valence-corrected chi connectivity index (χ4v) is 1.99. The summed E-state index contributed by atoms with van der Waals surface area (Å²) in [5, 5.41) is 3.19. The smallest absolute Gasteiger partial charge is 0.387 e. The van der Waals surface area contributed by atoms with Crippen molar-refractivity contribution in [2.45, 2.75) is 13.2 Å². The number of hydrogen-bond acceptors (Lipinski definition) is 4. The van der Waals surface area contributed by atoms with E-state index >= 15 is 0 Å². The summed E-state index contributed by atoms with van der Waals surface area (Å²) >= 11 is 0. The summed E-state index contributed by atoms with van der Waals surface area (Å²) < 4.78 is 38.9. The molecular weight excluding hydrogens is 320 g/mol. The molecule has 0 saturated carbocycles. The molecule has 1 rings (SSSR count). The van der Waals surface area contributed by atoms with Crippen LogP contribution in [0.15, 0.2) is 29.3 Å². The number of alkyl halides is 2. The van der Waals surface area contributed by atoms with Crippen LogP contribution < -0.4 is 10.1 Å². The number of ether oxygens (including phenoxy) is 3. The zero-order valence-electron chi connectivity index (χ0n) is 14.3. The van der Waals surface area contributed by atoms with Gasteiger partial charge in [-0.15, -0.1) is 0 Å². The molecule has 0 atom stereocenters. The number of nitrogens with zero attached hydrogens (tertiary/aromatic N) is 2. The molecule has 0 unspecified atom stereocenters. The van der Waals surface area contributed by atoms with Gasteiger partial charge in [0.15, 0.2) is 5.96 Å². The first-order chi connectivity index (χ1) is 11.6. The maximum Gasteiger partial charge on any atom is 0.387 e. The Morgan fingerprint density at radius 3 is 2.50 bits per heavy atom. The van der Waals surface area contributed by atoms with Gasteiger partial charge in [-0.1, -0.05) is 12.1 Å². The van der Waals surface area contributed by atoms with E-state index in [-0.39, 0.29) is 5.75 Å². The molecular formula is C16H25F2N3O3. The highest BCUT2D eigenvalue weighted by molar-refractivity contribution is 5.79. The fourth-order valence-electron chi connectivity index (χ4n) is 1.99. The van der Waals surface area contributed by atoms with Crippen molar-refractivity contribution in [3.05, 3.63) is 29.8 Å². The summed E-state index contributed by atoms with van der Waals surface area (Å²) in [7, 11) is 5.22. The van der Waals surface area contributed by atoms with E-state index in [0.29, 0.717) is 32.9 Å². The molecule has 0 aliphatic heterocycles. The summed E-state index contributed by atoms with van der Waals surface area (Å²) in [6.07, 6.45) is 0. The second kappa shape index (κ2) is 11.6. The third-order valence-corrected chi connectivity index (χ3v) is 3.10. The third kappa shape index (κ3) is 8.07. The lowest BCUT2D eigenvalue weighted by Crippen LogP contribution is -2.40. The van der Waals surface area contributed by atoms with E-state index in [1.165, 1.54) is 12.1 Å². The number of methoxy groups -OCH3 is 1. The zero-order chi connectivity index (χ0) is 17.8. The molecule has 8 heteroatoms. The quantitative estimate of drug-likeness (QED) is 0.399. The van der Waals surface area contributed by atoms with Gasteiger partial charge >= 0.3 is 6.61 Å². The van der Waals surface area contributed by atoms with E-state index in [2.05, 4.69) is 15.0 Å². The number of hydrogen-bond donors (Lipinski definition) is 1. The first kappa shape index (κ1) is 20.1. The van der Waals surface area contributed by atoms with Crippen molar-refractivity contribution in [2.24, 2.45) is 4.99 Å². The van der Waals surface area contributed by atoms with Crippen LogP contribution in [0.4, 0.5) is 8.78 Å². The van der Waals surface area contributed by atoms with E-state index < -0.39 is 6.61 Å². The van der Waals surface area contributed by atoms with Gasteiger partial charge in [-0.3, -0.25) is 4.99 Å². The van der Waals surface area contributed by atoms with Crippen LogP contribution in [0.2, 0.25) is 0 Å². The Balaban J connectivity index is 2.39. The van der Waals surface area contributed by atoms with Gasteiger partial charge in [-0.2, -0.15) is 8.78 Å². The van der Waals surface area contributed by atoms with Gasteiger partial charge < -0.3 is 24.4 Å². The normalized spacial score (nSPS) is 11.7. The highest BCUT2D eigenvalue weighted by Crippen LogP contribution is 2.15. The molecule has 0 saturated heterocycles. The summed E-state index contributed by atoms with van der Waals surface area (Å²) in [4.78, 5) is 6.13. The Kier molecular flexibility index (Phi) is 9.71.